The number of hydrogen-bond donors (Lipinski definition) is 1. The number of halogens is 3. The smallest absolute Gasteiger partial charge is 0.327 e. The van der Waals surface area contributed by atoms with Crippen LogP contribution in [0.5, 0.6) is 0 Å². The Morgan fingerprint density at radius 1 is 1.29 bits per heavy atom. The molecule has 0 amide bonds. The molecule has 1 aliphatic heterocycles. The van der Waals surface area contributed by atoms with Crippen molar-refractivity contribution in [1.29, 1.82) is 0 Å². The first kappa shape index (κ1) is 12.1. The Morgan fingerprint density at radius 3 is 2.65 bits per heavy atom. The third-order valence-electron chi connectivity index (χ3n) is 2.65. The van der Waals surface area contributed by atoms with E-state index in [1.165, 1.54) is 17.3 Å². The van der Waals surface area contributed by atoms with Gasteiger partial charge in [-0.1, -0.05) is 0 Å². The fourth-order valence-electron chi connectivity index (χ4n) is 1.85. The van der Waals surface area contributed by atoms with Gasteiger partial charge in [0, 0.05) is 25.5 Å². The zero-order valence-corrected chi connectivity index (χ0v) is 9.11. The predicted octanol–water partition coefficient (Wildman–Crippen LogP) is 1.21. The maximum Gasteiger partial charge on any atom is 0.410 e. The Balaban J connectivity index is 2.27. The largest absolute Gasteiger partial charge is 0.410 e. The van der Waals surface area contributed by atoms with Crippen molar-refractivity contribution in [3.05, 3.63) is 18.5 Å². The number of hydrogen-bond acceptors (Lipinski definition) is 4. The van der Waals surface area contributed by atoms with Crippen LogP contribution in [-0.4, -0.2) is 41.8 Å². The van der Waals surface area contributed by atoms with E-state index in [4.69, 9.17) is 0 Å². The molecule has 7 heteroatoms. The molecule has 17 heavy (non-hydrogen) atoms. The molecule has 0 aliphatic carbocycles. The standard InChI is InChI=1S/C10H13F3N4/c11-10(12,13)8-7-14-3-2-6-17(8)9-15-4-1-5-16-9/h1,4-5,8,14H,2-3,6-7H2. The number of alkyl halides is 3. The highest BCUT2D eigenvalue weighted by atomic mass is 19.4. The summed E-state index contributed by atoms with van der Waals surface area (Å²) < 4.78 is 38.8. The van der Waals surface area contributed by atoms with Crippen LogP contribution >= 0.6 is 0 Å². The van der Waals surface area contributed by atoms with Gasteiger partial charge in [0.25, 0.3) is 0 Å². The summed E-state index contributed by atoms with van der Waals surface area (Å²) in [7, 11) is 0. The van der Waals surface area contributed by atoms with Crippen molar-refractivity contribution in [2.24, 2.45) is 0 Å². The highest BCUT2D eigenvalue weighted by molar-refractivity contribution is 5.32. The average Bonchev–Trinajstić information content (AvgIpc) is 2.54. The topological polar surface area (TPSA) is 41.0 Å². The van der Waals surface area contributed by atoms with E-state index in [1.54, 1.807) is 6.07 Å². The van der Waals surface area contributed by atoms with E-state index in [1.807, 2.05) is 0 Å². The molecule has 1 aromatic rings. The second-order valence-corrected chi connectivity index (χ2v) is 3.86. The number of rotatable bonds is 1. The van der Waals surface area contributed by atoms with Gasteiger partial charge in [-0.15, -0.1) is 0 Å². The molecule has 0 spiro atoms. The predicted molar refractivity (Wildman–Crippen MR) is 56.7 cm³/mol. The quantitative estimate of drug-likeness (QED) is 0.808. The fraction of sp³-hybridized carbons (Fsp3) is 0.600. The molecule has 0 aromatic carbocycles. The number of nitrogens with zero attached hydrogens (tertiary/aromatic N) is 3. The molecule has 4 nitrogen and oxygen atoms in total. The van der Waals surface area contributed by atoms with E-state index in [-0.39, 0.29) is 12.5 Å². The van der Waals surface area contributed by atoms with Crippen LogP contribution in [0.1, 0.15) is 6.42 Å². The lowest BCUT2D eigenvalue weighted by molar-refractivity contribution is -0.147. The first-order valence-corrected chi connectivity index (χ1v) is 5.40. The van der Waals surface area contributed by atoms with E-state index in [2.05, 4.69) is 15.3 Å². The lowest BCUT2D eigenvalue weighted by atomic mass is 10.2. The van der Waals surface area contributed by atoms with Crippen molar-refractivity contribution in [3.8, 4) is 0 Å². The molecule has 2 heterocycles. The van der Waals surface area contributed by atoms with Crippen LogP contribution in [0.25, 0.3) is 0 Å². The van der Waals surface area contributed by atoms with Crippen LogP contribution in [0.4, 0.5) is 19.1 Å². The minimum Gasteiger partial charge on any atom is -0.327 e. The minimum absolute atomic E-state index is 0.123. The molecule has 0 bridgehead atoms. The van der Waals surface area contributed by atoms with E-state index in [0.29, 0.717) is 19.5 Å². The van der Waals surface area contributed by atoms with Gasteiger partial charge in [-0.05, 0) is 19.0 Å². The summed E-state index contributed by atoms with van der Waals surface area (Å²) >= 11 is 0. The average molecular weight is 246 g/mol. The third kappa shape index (κ3) is 2.85. The summed E-state index contributed by atoms with van der Waals surface area (Å²) in [5.41, 5.74) is 0. The van der Waals surface area contributed by atoms with Crippen LogP contribution < -0.4 is 10.2 Å². The zero-order valence-electron chi connectivity index (χ0n) is 9.11. The van der Waals surface area contributed by atoms with Crippen LogP contribution in [-0.2, 0) is 0 Å². The van der Waals surface area contributed by atoms with Gasteiger partial charge in [0.2, 0.25) is 5.95 Å². The molecule has 2 rings (SSSR count). The Kier molecular flexibility index (Phi) is 3.46. The minimum atomic E-state index is -4.28. The monoisotopic (exact) mass is 246 g/mol. The molecule has 1 aliphatic rings. The van der Waals surface area contributed by atoms with E-state index in [0.717, 1.165) is 0 Å². The molecule has 1 unspecified atom stereocenters. The van der Waals surface area contributed by atoms with Crippen LogP contribution in [0.15, 0.2) is 18.5 Å². The second-order valence-electron chi connectivity index (χ2n) is 3.86. The Labute approximate surface area is 96.9 Å². The molecule has 1 saturated heterocycles. The maximum atomic E-state index is 12.9. The van der Waals surface area contributed by atoms with Crippen LogP contribution in [0, 0.1) is 0 Å². The normalized spacial score (nSPS) is 22.3. The van der Waals surface area contributed by atoms with Gasteiger partial charge in [-0.25, -0.2) is 9.97 Å². The molecule has 94 valence electrons. The van der Waals surface area contributed by atoms with Gasteiger partial charge in [-0.3, -0.25) is 0 Å². The van der Waals surface area contributed by atoms with E-state index >= 15 is 0 Å². The van der Waals surface area contributed by atoms with Crippen molar-refractivity contribution < 1.29 is 13.2 Å². The second kappa shape index (κ2) is 4.87. The van der Waals surface area contributed by atoms with Crippen molar-refractivity contribution in [2.45, 2.75) is 18.6 Å². The number of aromatic nitrogens is 2. The molecule has 1 aromatic heterocycles. The number of anilines is 1. The molecule has 1 atom stereocenters. The fourth-order valence-corrected chi connectivity index (χ4v) is 1.85. The molecular weight excluding hydrogens is 233 g/mol. The van der Waals surface area contributed by atoms with Crippen molar-refractivity contribution in [1.82, 2.24) is 15.3 Å². The zero-order chi connectivity index (χ0) is 12.3. The Morgan fingerprint density at radius 2 is 2.00 bits per heavy atom. The van der Waals surface area contributed by atoms with Gasteiger partial charge in [0.1, 0.15) is 6.04 Å². The molecule has 1 N–H and O–H groups in total. The maximum absolute atomic E-state index is 12.9. The summed E-state index contributed by atoms with van der Waals surface area (Å²) in [5.74, 6) is 0.138. The molecule has 0 saturated carbocycles. The highest BCUT2D eigenvalue weighted by Crippen LogP contribution is 2.27. The third-order valence-corrected chi connectivity index (χ3v) is 2.65. The summed E-state index contributed by atoms with van der Waals surface area (Å²) in [4.78, 5) is 9.01. The lowest BCUT2D eigenvalue weighted by Gasteiger charge is -2.31. The summed E-state index contributed by atoms with van der Waals surface area (Å²) in [6, 6.07) is 0.0229. The van der Waals surface area contributed by atoms with Crippen LogP contribution in [0.2, 0.25) is 0 Å². The van der Waals surface area contributed by atoms with Gasteiger partial charge in [0.05, 0.1) is 0 Å². The van der Waals surface area contributed by atoms with E-state index < -0.39 is 12.2 Å². The van der Waals surface area contributed by atoms with Gasteiger partial charge in [0.15, 0.2) is 0 Å². The summed E-state index contributed by atoms with van der Waals surface area (Å²) in [6.45, 7) is 0.763. The van der Waals surface area contributed by atoms with Gasteiger partial charge >= 0.3 is 6.18 Å². The molecule has 1 fully saturated rings. The first-order chi connectivity index (χ1) is 8.09. The van der Waals surface area contributed by atoms with Gasteiger partial charge < -0.3 is 10.2 Å². The first-order valence-electron chi connectivity index (χ1n) is 5.40. The SMILES string of the molecule is FC(F)(F)C1CNCCCN1c1ncccn1. The van der Waals surface area contributed by atoms with Crippen molar-refractivity contribution in [3.63, 3.8) is 0 Å². The summed E-state index contributed by atoms with van der Waals surface area (Å²) in [5, 5.41) is 2.79. The lowest BCUT2D eigenvalue weighted by Crippen LogP contribution is -2.50. The summed E-state index contributed by atoms with van der Waals surface area (Å²) in [6.07, 6.45) is -0.733. The molecule has 0 radical (unpaired) electrons. The van der Waals surface area contributed by atoms with Crippen molar-refractivity contribution in [2.75, 3.05) is 24.5 Å². The molecular formula is C10H13F3N4. The number of nitrogens with one attached hydrogen (secondary N) is 1. The van der Waals surface area contributed by atoms with E-state index in [9.17, 15) is 13.2 Å². The Bertz CT molecular complexity index is 354. The van der Waals surface area contributed by atoms with Crippen LogP contribution in [0.3, 0.4) is 0 Å². The Hall–Kier alpha value is -1.37. The van der Waals surface area contributed by atoms with Crippen molar-refractivity contribution >= 4 is 5.95 Å². The van der Waals surface area contributed by atoms with Gasteiger partial charge in [-0.2, -0.15) is 13.2 Å². The highest BCUT2D eigenvalue weighted by Gasteiger charge is 2.44.